The number of hydrogen-bond acceptors (Lipinski definition) is 2. The van der Waals surface area contributed by atoms with Gasteiger partial charge in [-0.05, 0) is 39.5 Å². The van der Waals surface area contributed by atoms with E-state index in [1.807, 2.05) is 6.92 Å². The van der Waals surface area contributed by atoms with Crippen molar-refractivity contribution in [2.45, 2.75) is 58.5 Å². The van der Waals surface area contributed by atoms with Gasteiger partial charge >= 0.3 is 0 Å². The van der Waals surface area contributed by atoms with E-state index in [-0.39, 0.29) is 11.9 Å². The summed E-state index contributed by atoms with van der Waals surface area (Å²) in [6.07, 6.45) is 9.71. The minimum absolute atomic E-state index is 0.170. The molecule has 0 saturated heterocycles. The lowest BCUT2D eigenvalue weighted by molar-refractivity contribution is -0.116. The van der Waals surface area contributed by atoms with Crippen molar-refractivity contribution >= 4 is 5.78 Å². The van der Waals surface area contributed by atoms with Crippen molar-refractivity contribution in [3.63, 3.8) is 0 Å². The van der Waals surface area contributed by atoms with Gasteiger partial charge in [-0.1, -0.05) is 18.6 Å². The fourth-order valence-corrected chi connectivity index (χ4v) is 1.22. The zero-order valence-electron chi connectivity index (χ0n) is 9.33. The number of carbonyl (C=O) groups is 1. The van der Waals surface area contributed by atoms with Gasteiger partial charge in [-0.15, -0.1) is 0 Å². The average Bonchev–Trinajstić information content (AvgIpc) is 2.08. The Morgan fingerprint density at radius 2 is 1.93 bits per heavy atom. The third-order valence-electron chi connectivity index (χ3n) is 2.07. The van der Waals surface area contributed by atoms with Crippen LogP contribution in [0.1, 0.15) is 52.4 Å². The van der Waals surface area contributed by atoms with E-state index in [2.05, 4.69) is 12.2 Å². The summed E-state index contributed by atoms with van der Waals surface area (Å²) in [5.41, 5.74) is 0. The van der Waals surface area contributed by atoms with E-state index < -0.39 is 0 Å². The maximum Gasteiger partial charge on any atom is 0.130 e. The molecular formula is C12H22O2. The Balaban J connectivity index is 3.15. The number of Topliss-reactive ketones (excluding diaryl/α,β-unsaturated/α-hetero) is 1. The molecule has 0 aromatic rings. The summed E-state index contributed by atoms with van der Waals surface area (Å²) in [4.78, 5) is 10.6. The number of unbranched alkanes of at least 4 members (excludes halogenated alkanes) is 2. The molecule has 0 radical (unpaired) electrons. The molecule has 1 atom stereocenters. The number of allylic oxidation sites excluding steroid dienone is 2. The maximum atomic E-state index is 10.6. The van der Waals surface area contributed by atoms with Gasteiger partial charge in [0.1, 0.15) is 5.78 Å². The normalized spacial score (nSPS) is 13.4. The van der Waals surface area contributed by atoms with Crippen molar-refractivity contribution in [3.8, 4) is 0 Å². The monoisotopic (exact) mass is 198 g/mol. The standard InChI is InChI=1S/C12H22O2/c1-11(13)9-7-5-3-4-6-8-10-12(2)14/h3,5,12,14H,4,6-10H2,1-2H3/b5-3+/t12-/m0/s1. The quantitative estimate of drug-likeness (QED) is 0.481. The number of aliphatic hydroxyl groups excluding tert-OH is 1. The van der Waals surface area contributed by atoms with Crippen molar-refractivity contribution in [1.82, 2.24) is 0 Å². The fraction of sp³-hybridized carbons (Fsp3) is 0.750. The summed E-state index contributed by atoms with van der Waals surface area (Å²) < 4.78 is 0. The molecule has 14 heavy (non-hydrogen) atoms. The minimum atomic E-state index is -0.170. The summed E-state index contributed by atoms with van der Waals surface area (Å²) in [5.74, 6) is 0.253. The van der Waals surface area contributed by atoms with Gasteiger partial charge in [0, 0.05) is 6.42 Å². The molecule has 2 heteroatoms. The fourth-order valence-electron chi connectivity index (χ4n) is 1.22. The van der Waals surface area contributed by atoms with Crippen LogP contribution in [0.25, 0.3) is 0 Å². The van der Waals surface area contributed by atoms with E-state index in [1.165, 1.54) is 0 Å². The second-order valence-corrected chi connectivity index (χ2v) is 3.85. The molecule has 82 valence electrons. The Hall–Kier alpha value is -0.630. The van der Waals surface area contributed by atoms with Crippen LogP contribution in [-0.4, -0.2) is 17.0 Å². The molecule has 0 heterocycles. The van der Waals surface area contributed by atoms with Gasteiger partial charge < -0.3 is 9.90 Å². The molecule has 0 aromatic carbocycles. The van der Waals surface area contributed by atoms with E-state index in [0.717, 1.165) is 32.1 Å². The Labute approximate surface area is 87.0 Å². The number of ketones is 1. The highest BCUT2D eigenvalue weighted by atomic mass is 16.3. The molecular weight excluding hydrogens is 176 g/mol. The summed E-state index contributed by atoms with van der Waals surface area (Å²) in [6, 6.07) is 0. The first-order valence-corrected chi connectivity index (χ1v) is 5.45. The number of hydrogen-bond donors (Lipinski definition) is 1. The van der Waals surface area contributed by atoms with Crippen LogP contribution in [0.4, 0.5) is 0 Å². The Morgan fingerprint density at radius 3 is 2.50 bits per heavy atom. The Bertz CT molecular complexity index is 171. The lowest BCUT2D eigenvalue weighted by atomic mass is 10.1. The molecule has 0 fully saturated rings. The Kier molecular flexibility index (Phi) is 8.54. The minimum Gasteiger partial charge on any atom is -0.393 e. The van der Waals surface area contributed by atoms with E-state index in [9.17, 15) is 4.79 Å². The first kappa shape index (κ1) is 13.4. The third kappa shape index (κ3) is 11.4. The molecule has 0 amide bonds. The van der Waals surface area contributed by atoms with Crippen molar-refractivity contribution in [2.75, 3.05) is 0 Å². The summed E-state index contributed by atoms with van der Waals surface area (Å²) in [7, 11) is 0. The summed E-state index contributed by atoms with van der Waals surface area (Å²) >= 11 is 0. The number of carbonyl (C=O) groups excluding carboxylic acids is 1. The lowest BCUT2D eigenvalue weighted by Crippen LogP contribution is -1.97. The highest BCUT2D eigenvalue weighted by Crippen LogP contribution is 2.04. The van der Waals surface area contributed by atoms with E-state index in [1.54, 1.807) is 6.92 Å². The first-order valence-electron chi connectivity index (χ1n) is 5.45. The van der Waals surface area contributed by atoms with Crippen molar-refractivity contribution in [2.24, 2.45) is 0 Å². The van der Waals surface area contributed by atoms with Crippen LogP contribution in [-0.2, 0) is 4.79 Å². The van der Waals surface area contributed by atoms with E-state index in [4.69, 9.17) is 5.11 Å². The number of rotatable bonds is 8. The van der Waals surface area contributed by atoms with E-state index in [0.29, 0.717) is 6.42 Å². The van der Waals surface area contributed by atoms with Crippen molar-refractivity contribution < 1.29 is 9.90 Å². The highest BCUT2D eigenvalue weighted by molar-refractivity contribution is 5.75. The smallest absolute Gasteiger partial charge is 0.130 e. The van der Waals surface area contributed by atoms with Crippen molar-refractivity contribution in [1.29, 1.82) is 0 Å². The predicted octanol–water partition coefficient (Wildman–Crippen LogP) is 2.85. The first-order chi connectivity index (χ1) is 6.63. The SMILES string of the molecule is CC(=O)CC/C=C/CCCC[C@H](C)O. The van der Waals surface area contributed by atoms with Gasteiger partial charge in [0.05, 0.1) is 6.10 Å². The second kappa shape index (κ2) is 8.95. The zero-order valence-corrected chi connectivity index (χ0v) is 9.33. The number of aliphatic hydroxyl groups is 1. The van der Waals surface area contributed by atoms with Gasteiger partial charge in [0.2, 0.25) is 0 Å². The molecule has 0 aromatic heterocycles. The molecule has 0 unspecified atom stereocenters. The van der Waals surface area contributed by atoms with E-state index >= 15 is 0 Å². The van der Waals surface area contributed by atoms with Gasteiger partial charge in [0.15, 0.2) is 0 Å². The van der Waals surface area contributed by atoms with Crippen molar-refractivity contribution in [3.05, 3.63) is 12.2 Å². The topological polar surface area (TPSA) is 37.3 Å². The summed E-state index contributed by atoms with van der Waals surface area (Å²) in [5, 5.41) is 9.00. The molecule has 0 aliphatic carbocycles. The third-order valence-corrected chi connectivity index (χ3v) is 2.07. The van der Waals surface area contributed by atoms with Gasteiger partial charge in [-0.2, -0.15) is 0 Å². The van der Waals surface area contributed by atoms with Crippen LogP contribution in [0.5, 0.6) is 0 Å². The highest BCUT2D eigenvalue weighted by Gasteiger charge is 1.93. The average molecular weight is 198 g/mol. The van der Waals surface area contributed by atoms with Crippen LogP contribution < -0.4 is 0 Å². The second-order valence-electron chi connectivity index (χ2n) is 3.85. The molecule has 0 aliphatic heterocycles. The lowest BCUT2D eigenvalue weighted by Gasteiger charge is -2.01. The molecule has 0 spiro atoms. The summed E-state index contributed by atoms with van der Waals surface area (Å²) in [6.45, 7) is 3.44. The largest absolute Gasteiger partial charge is 0.393 e. The van der Waals surface area contributed by atoms with Gasteiger partial charge in [-0.25, -0.2) is 0 Å². The van der Waals surface area contributed by atoms with Crippen LogP contribution in [0.2, 0.25) is 0 Å². The zero-order chi connectivity index (χ0) is 10.8. The van der Waals surface area contributed by atoms with Crippen LogP contribution in [0.3, 0.4) is 0 Å². The van der Waals surface area contributed by atoms with Crippen LogP contribution in [0, 0.1) is 0 Å². The Morgan fingerprint density at radius 1 is 1.29 bits per heavy atom. The predicted molar refractivity (Wildman–Crippen MR) is 59.2 cm³/mol. The molecule has 0 rings (SSSR count). The van der Waals surface area contributed by atoms with Crippen LogP contribution in [0.15, 0.2) is 12.2 Å². The van der Waals surface area contributed by atoms with Gasteiger partial charge in [-0.3, -0.25) is 0 Å². The maximum absolute atomic E-state index is 10.6. The molecule has 2 nitrogen and oxygen atoms in total. The van der Waals surface area contributed by atoms with Gasteiger partial charge in [0.25, 0.3) is 0 Å². The van der Waals surface area contributed by atoms with Crippen LogP contribution >= 0.6 is 0 Å². The molecule has 1 N–H and O–H groups in total. The molecule has 0 aliphatic rings. The molecule has 0 saturated carbocycles. The molecule has 0 bridgehead atoms.